The van der Waals surface area contributed by atoms with Crippen LogP contribution in [-0.4, -0.2) is 20.9 Å². The Bertz CT molecular complexity index is 637. The molecule has 0 amide bonds. The summed E-state index contributed by atoms with van der Waals surface area (Å²) in [6, 6.07) is 4.45. The van der Waals surface area contributed by atoms with Crippen LogP contribution in [0.5, 0.6) is 0 Å². The number of carbonyl (C=O) groups is 1. The first-order chi connectivity index (χ1) is 8.80. The lowest BCUT2D eigenvalue weighted by Crippen LogP contribution is -2.06. The minimum Gasteiger partial charge on any atom is -0.478 e. The Morgan fingerprint density at radius 3 is 2.58 bits per heavy atom. The molecule has 1 heterocycles. The van der Waals surface area contributed by atoms with E-state index in [1.807, 2.05) is 0 Å². The molecule has 2 aromatic rings. The molecule has 0 aliphatic heterocycles. The fourth-order valence-electron chi connectivity index (χ4n) is 1.47. The first-order valence-electron chi connectivity index (χ1n) is 4.95. The van der Waals surface area contributed by atoms with Gasteiger partial charge in [-0.1, -0.05) is 6.07 Å². The van der Waals surface area contributed by atoms with Crippen LogP contribution < -0.4 is 0 Å². The van der Waals surface area contributed by atoms with Gasteiger partial charge in [0.2, 0.25) is 0 Å². The summed E-state index contributed by atoms with van der Waals surface area (Å²) in [4.78, 5) is 10.8. The SMILES string of the molecule is O=C(O)c1cnn(-c2cccc(C(F)(F)F)c2)c1Br. The molecule has 19 heavy (non-hydrogen) atoms. The van der Waals surface area contributed by atoms with Crippen molar-refractivity contribution in [1.29, 1.82) is 0 Å². The van der Waals surface area contributed by atoms with Crippen molar-refractivity contribution in [2.24, 2.45) is 0 Å². The van der Waals surface area contributed by atoms with Gasteiger partial charge in [0.1, 0.15) is 10.2 Å². The van der Waals surface area contributed by atoms with Crippen LogP contribution in [0.4, 0.5) is 13.2 Å². The molecule has 0 spiro atoms. The van der Waals surface area contributed by atoms with Gasteiger partial charge in [0.15, 0.2) is 0 Å². The molecule has 1 aromatic carbocycles. The third-order valence-electron chi connectivity index (χ3n) is 2.36. The highest BCUT2D eigenvalue weighted by Gasteiger charge is 2.30. The topological polar surface area (TPSA) is 55.1 Å². The van der Waals surface area contributed by atoms with Crippen molar-refractivity contribution in [3.05, 3.63) is 46.2 Å². The molecule has 0 aliphatic rings. The minimum atomic E-state index is -4.47. The van der Waals surface area contributed by atoms with Crippen LogP contribution in [0.15, 0.2) is 35.1 Å². The smallest absolute Gasteiger partial charge is 0.416 e. The predicted molar refractivity (Wildman–Crippen MR) is 63.2 cm³/mol. The first kappa shape index (κ1) is 13.6. The van der Waals surface area contributed by atoms with Crippen molar-refractivity contribution < 1.29 is 23.1 Å². The van der Waals surface area contributed by atoms with E-state index < -0.39 is 17.7 Å². The predicted octanol–water partition coefficient (Wildman–Crippen LogP) is 3.35. The summed E-state index contributed by atoms with van der Waals surface area (Å²) < 4.78 is 38.9. The molecule has 0 saturated heterocycles. The van der Waals surface area contributed by atoms with E-state index in [4.69, 9.17) is 5.11 Å². The zero-order valence-electron chi connectivity index (χ0n) is 9.15. The Balaban J connectivity index is 2.51. The summed E-state index contributed by atoms with van der Waals surface area (Å²) in [5.74, 6) is -1.22. The largest absolute Gasteiger partial charge is 0.478 e. The lowest BCUT2D eigenvalue weighted by Gasteiger charge is -2.09. The monoisotopic (exact) mass is 334 g/mol. The Labute approximate surface area is 113 Å². The second-order valence-corrected chi connectivity index (χ2v) is 4.37. The third kappa shape index (κ3) is 2.62. The molecule has 1 aromatic heterocycles. The van der Waals surface area contributed by atoms with Crippen molar-refractivity contribution >= 4 is 21.9 Å². The Kier molecular flexibility index (Phi) is 3.36. The van der Waals surface area contributed by atoms with E-state index in [0.29, 0.717) is 0 Å². The quantitative estimate of drug-likeness (QED) is 0.916. The highest BCUT2D eigenvalue weighted by atomic mass is 79.9. The van der Waals surface area contributed by atoms with Crippen molar-refractivity contribution in [1.82, 2.24) is 9.78 Å². The molecule has 0 radical (unpaired) electrons. The van der Waals surface area contributed by atoms with E-state index in [1.54, 1.807) is 0 Å². The molecule has 8 heteroatoms. The number of halogens is 4. The average molecular weight is 335 g/mol. The van der Waals surface area contributed by atoms with E-state index in [9.17, 15) is 18.0 Å². The first-order valence-corrected chi connectivity index (χ1v) is 5.74. The van der Waals surface area contributed by atoms with Crippen molar-refractivity contribution in [3.63, 3.8) is 0 Å². The highest BCUT2D eigenvalue weighted by molar-refractivity contribution is 9.10. The lowest BCUT2D eigenvalue weighted by molar-refractivity contribution is -0.137. The molecule has 0 saturated carbocycles. The van der Waals surface area contributed by atoms with Gasteiger partial charge in [0, 0.05) is 0 Å². The van der Waals surface area contributed by atoms with Gasteiger partial charge in [-0.05, 0) is 34.1 Å². The van der Waals surface area contributed by atoms with Crippen LogP contribution in [0, 0.1) is 0 Å². The molecule has 0 atom stereocenters. The summed E-state index contributed by atoms with van der Waals surface area (Å²) in [5, 5.41) is 12.6. The lowest BCUT2D eigenvalue weighted by atomic mass is 10.2. The number of benzene rings is 1. The van der Waals surface area contributed by atoms with E-state index in [-0.39, 0.29) is 15.9 Å². The number of alkyl halides is 3. The molecular formula is C11H6BrF3N2O2. The van der Waals surface area contributed by atoms with E-state index >= 15 is 0 Å². The molecule has 100 valence electrons. The molecule has 4 nitrogen and oxygen atoms in total. The second-order valence-electron chi connectivity index (χ2n) is 3.61. The number of carboxylic acid groups (broad SMARTS) is 1. The molecular weight excluding hydrogens is 329 g/mol. The average Bonchev–Trinajstić information content (AvgIpc) is 2.70. The Morgan fingerprint density at radius 1 is 1.37 bits per heavy atom. The van der Waals surface area contributed by atoms with Crippen LogP contribution in [0.2, 0.25) is 0 Å². The van der Waals surface area contributed by atoms with E-state index in [1.165, 1.54) is 12.1 Å². The summed E-state index contributed by atoms with van der Waals surface area (Å²) in [5.41, 5.74) is -0.837. The highest BCUT2D eigenvalue weighted by Crippen LogP contribution is 2.31. The van der Waals surface area contributed by atoms with Crippen LogP contribution in [0.25, 0.3) is 5.69 Å². The molecule has 1 N–H and O–H groups in total. The Hall–Kier alpha value is -1.83. The van der Waals surface area contributed by atoms with Crippen molar-refractivity contribution in [3.8, 4) is 5.69 Å². The number of carboxylic acids is 1. The van der Waals surface area contributed by atoms with Gasteiger partial charge < -0.3 is 5.11 Å². The van der Waals surface area contributed by atoms with E-state index in [0.717, 1.165) is 23.0 Å². The van der Waals surface area contributed by atoms with Crippen LogP contribution >= 0.6 is 15.9 Å². The maximum atomic E-state index is 12.6. The number of rotatable bonds is 2. The summed E-state index contributed by atoms with van der Waals surface area (Å²) >= 11 is 3.00. The number of aromatic carboxylic acids is 1. The summed E-state index contributed by atoms with van der Waals surface area (Å²) in [6.45, 7) is 0. The summed E-state index contributed by atoms with van der Waals surface area (Å²) in [7, 11) is 0. The van der Waals surface area contributed by atoms with Crippen molar-refractivity contribution in [2.75, 3.05) is 0 Å². The normalized spacial score (nSPS) is 11.6. The number of hydrogen-bond donors (Lipinski definition) is 1. The zero-order chi connectivity index (χ0) is 14.2. The van der Waals surface area contributed by atoms with E-state index in [2.05, 4.69) is 21.0 Å². The standard InChI is InChI=1S/C11H6BrF3N2O2/c12-9-8(10(18)19)5-16-17(9)7-3-1-2-6(4-7)11(13,14)15/h1-5H,(H,18,19). The van der Waals surface area contributed by atoms with Crippen molar-refractivity contribution in [2.45, 2.75) is 6.18 Å². The fraction of sp³-hybridized carbons (Fsp3) is 0.0909. The number of aromatic nitrogens is 2. The molecule has 0 unspecified atom stereocenters. The van der Waals surface area contributed by atoms with Gasteiger partial charge >= 0.3 is 12.1 Å². The van der Waals surface area contributed by atoms with Crippen LogP contribution in [-0.2, 0) is 6.18 Å². The Morgan fingerprint density at radius 2 is 2.05 bits per heavy atom. The second kappa shape index (κ2) is 4.69. The maximum Gasteiger partial charge on any atom is 0.416 e. The molecule has 0 aliphatic carbocycles. The zero-order valence-corrected chi connectivity index (χ0v) is 10.7. The van der Waals surface area contributed by atoms with Gasteiger partial charge in [-0.15, -0.1) is 0 Å². The minimum absolute atomic E-state index is 0.0827. The number of nitrogens with zero attached hydrogens (tertiary/aromatic N) is 2. The van der Waals surface area contributed by atoms with Gasteiger partial charge in [0.05, 0.1) is 17.4 Å². The van der Waals surface area contributed by atoms with Gasteiger partial charge in [-0.2, -0.15) is 18.3 Å². The van der Waals surface area contributed by atoms with Gasteiger partial charge in [0.25, 0.3) is 0 Å². The fourth-order valence-corrected chi connectivity index (χ4v) is 2.04. The molecule has 0 fully saturated rings. The maximum absolute atomic E-state index is 12.6. The molecule has 0 bridgehead atoms. The van der Waals surface area contributed by atoms with Gasteiger partial charge in [-0.3, -0.25) is 0 Å². The third-order valence-corrected chi connectivity index (χ3v) is 3.12. The van der Waals surface area contributed by atoms with Crippen LogP contribution in [0.3, 0.4) is 0 Å². The van der Waals surface area contributed by atoms with Crippen LogP contribution in [0.1, 0.15) is 15.9 Å². The number of hydrogen-bond acceptors (Lipinski definition) is 2. The molecule has 2 rings (SSSR count). The summed E-state index contributed by atoms with van der Waals surface area (Å²) in [6.07, 6.45) is -3.40. The van der Waals surface area contributed by atoms with Gasteiger partial charge in [-0.25, -0.2) is 9.48 Å².